The van der Waals surface area contributed by atoms with Crippen molar-refractivity contribution in [3.63, 3.8) is 0 Å². The van der Waals surface area contributed by atoms with Gasteiger partial charge >= 0.3 is 6.18 Å². The molecule has 3 heterocycles. The van der Waals surface area contributed by atoms with Crippen LogP contribution in [0.15, 0.2) is 29.0 Å². The van der Waals surface area contributed by atoms with Crippen LogP contribution in [0.1, 0.15) is 46.4 Å². The second-order valence-corrected chi connectivity index (χ2v) is 7.73. The maximum atomic E-state index is 13.2. The number of nitrogens with one attached hydrogen (secondary N) is 2. The number of rotatable bonds is 7. The van der Waals surface area contributed by atoms with Gasteiger partial charge in [0.2, 0.25) is 5.91 Å². The lowest BCUT2D eigenvalue weighted by Gasteiger charge is -2.08. The van der Waals surface area contributed by atoms with E-state index in [1.165, 1.54) is 17.1 Å². The smallest absolute Gasteiger partial charge is 0.436 e. The molecule has 4 rings (SSSR count). The molecule has 13 heteroatoms. The Balaban J connectivity index is 1.49. The van der Waals surface area contributed by atoms with Gasteiger partial charge in [-0.25, -0.2) is 0 Å². The van der Waals surface area contributed by atoms with Crippen LogP contribution >= 0.6 is 11.6 Å². The van der Waals surface area contributed by atoms with Gasteiger partial charge < -0.3 is 15.1 Å². The third-order valence-electron chi connectivity index (χ3n) is 4.78. The predicted octanol–water partition coefficient (Wildman–Crippen LogP) is 3.33. The first-order valence-electron chi connectivity index (χ1n) is 9.61. The van der Waals surface area contributed by atoms with E-state index in [-0.39, 0.29) is 29.5 Å². The lowest BCUT2D eigenvalue weighted by molar-refractivity contribution is -0.141. The summed E-state index contributed by atoms with van der Waals surface area (Å²) in [5.74, 6) is -0.867. The molecule has 1 aliphatic rings. The Bertz CT molecular complexity index is 1150. The van der Waals surface area contributed by atoms with Crippen LogP contribution in [-0.2, 0) is 31.1 Å². The summed E-state index contributed by atoms with van der Waals surface area (Å²) in [7, 11) is 1.56. The summed E-state index contributed by atoms with van der Waals surface area (Å²) in [4.78, 5) is 25.1. The van der Waals surface area contributed by atoms with Gasteiger partial charge in [0.15, 0.2) is 11.4 Å². The summed E-state index contributed by atoms with van der Waals surface area (Å²) in [5, 5.41) is 12.2. The van der Waals surface area contributed by atoms with Gasteiger partial charge in [0.1, 0.15) is 12.3 Å². The number of hydrogen-bond donors (Lipinski definition) is 2. The fourth-order valence-electron chi connectivity index (χ4n) is 3.24. The van der Waals surface area contributed by atoms with Crippen molar-refractivity contribution < 1.29 is 27.2 Å². The van der Waals surface area contributed by atoms with Gasteiger partial charge in [-0.3, -0.25) is 19.0 Å². The average molecular weight is 471 g/mol. The highest BCUT2D eigenvalue weighted by Gasteiger charge is 2.42. The molecule has 0 radical (unpaired) electrons. The van der Waals surface area contributed by atoms with Gasteiger partial charge in [-0.2, -0.15) is 23.4 Å². The van der Waals surface area contributed by atoms with E-state index >= 15 is 0 Å². The second-order valence-electron chi connectivity index (χ2n) is 7.35. The minimum Gasteiger partial charge on any atom is -0.467 e. The number of alkyl halides is 3. The van der Waals surface area contributed by atoms with Crippen molar-refractivity contribution in [1.82, 2.24) is 24.9 Å². The molecule has 1 aliphatic carbocycles. The number of hydrogen-bond acceptors (Lipinski definition) is 5. The Kier molecular flexibility index (Phi) is 5.71. The van der Waals surface area contributed by atoms with Crippen LogP contribution in [0.25, 0.3) is 0 Å². The molecule has 3 aromatic heterocycles. The number of aryl methyl sites for hydroxylation is 1. The molecule has 0 saturated heterocycles. The molecular weight excluding hydrogens is 453 g/mol. The van der Waals surface area contributed by atoms with Gasteiger partial charge in [0.05, 0.1) is 29.2 Å². The molecule has 2 N–H and O–H groups in total. The Morgan fingerprint density at radius 1 is 1.31 bits per heavy atom. The first kappa shape index (κ1) is 21.9. The molecule has 1 fully saturated rings. The number of halogens is 4. The van der Waals surface area contributed by atoms with Crippen LogP contribution in [0, 0.1) is 0 Å². The Morgan fingerprint density at radius 2 is 2.06 bits per heavy atom. The molecule has 0 atom stereocenters. The van der Waals surface area contributed by atoms with E-state index in [2.05, 4.69) is 20.8 Å². The van der Waals surface area contributed by atoms with Gasteiger partial charge in [0, 0.05) is 19.2 Å². The average Bonchev–Trinajstić information content (AvgIpc) is 3.11. The molecule has 32 heavy (non-hydrogen) atoms. The largest absolute Gasteiger partial charge is 0.467 e. The first-order chi connectivity index (χ1) is 15.1. The summed E-state index contributed by atoms with van der Waals surface area (Å²) in [6.45, 7) is -0.378. The quantitative estimate of drug-likeness (QED) is 0.551. The zero-order valence-corrected chi connectivity index (χ0v) is 17.5. The van der Waals surface area contributed by atoms with Crippen molar-refractivity contribution in [1.29, 1.82) is 0 Å². The highest BCUT2D eigenvalue weighted by atomic mass is 35.5. The number of carbonyl (C=O) groups is 2. The molecule has 1 saturated carbocycles. The van der Waals surface area contributed by atoms with Crippen LogP contribution in [0.5, 0.6) is 0 Å². The van der Waals surface area contributed by atoms with Gasteiger partial charge in [-0.15, -0.1) is 0 Å². The number of furan rings is 1. The van der Waals surface area contributed by atoms with Crippen LogP contribution < -0.4 is 10.6 Å². The van der Waals surface area contributed by atoms with Crippen molar-refractivity contribution in [2.45, 2.75) is 38.0 Å². The van der Waals surface area contributed by atoms with Crippen molar-refractivity contribution in [3.8, 4) is 0 Å². The Labute approximate surface area is 184 Å². The maximum Gasteiger partial charge on any atom is 0.436 e. The predicted molar refractivity (Wildman–Crippen MR) is 106 cm³/mol. The molecule has 0 bridgehead atoms. The molecule has 9 nitrogen and oxygen atoms in total. The van der Waals surface area contributed by atoms with Crippen molar-refractivity contribution in [3.05, 3.63) is 52.5 Å². The van der Waals surface area contributed by atoms with E-state index in [1.807, 2.05) is 0 Å². The monoisotopic (exact) mass is 470 g/mol. The summed E-state index contributed by atoms with van der Waals surface area (Å²) in [5.41, 5.74) is -0.967. The number of anilines is 1. The van der Waals surface area contributed by atoms with E-state index < -0.39 is 35.3 Å². The Morgan fingerprint density at radius 3 is 2.69 bits per heavy atom. The molecule has 170 valence electrons. The van der Waals surface area contributed by atoms with E-state index in [0.29, 0.717) is 18.6 Å². The zero-order valence-electron chi connectivity index (χ0n) is 16.7. The Hall–Kier alpha value is -3.28. The molecule has 0 unspecified atom stereocenters. The fraction of sp³-hybridized carbons (Fsp3) is 0.368. The van der Waals surface area contributed by atoms with Gasteiger partial charge in [-0.05, 0) is 25.0 Å². The summed E-state index contributed by atoms with van der Waals surface area (Å²) < 4.78 is 47.1. The van der Waals surface area contributed by atoms with E-state index in [0.717, 1.165) is 4.68 Å². The third kappa shape index (κ3) is 4.64. The molecule has 2 amide bonds. The first-order valence-corrected chi connectivity index (χ1v) is 9.98. The lowest BCUT2D eigenvalue weighted by Crippen LogP contribution is -2.26. The number of amides is 2. The topological polar surface area (TPSA) is 107 Å². The van der Waals surface area contributed by atoms with Crippen LogP contribution in [-0.4, -0.2) is 31.4 Å². The highest BCUT2D eigenvalue weighted by Crippen LogP contribution is 2.46. The number of aromatic nitrogens is 4. The summed E-state index contributed by atoms with van der Waals surface area (Å²) >= 11 is 5.93. The maximum absolute atomic E-state index is 13.2. The second kappa shape index (κ2) is 8.34. The molecule has 0 aromatic carbocycles. The summed E-state index contributed by atoms with van der Waals surface area (Å²) in [6, 6.07) is 3.36. The third-order valence-corrected chi connectivity index (χ3v) is 5.15. The zero-order chi connectivity index (χ0) is 23.0. The fourth-order valence-corrected chi connectivity index (χ4v) is 3.64. The highest BCUT2D eigenvalue weighted by molar-refractivity contribution is 6.32. The van der Waals surface area contributed by atoms with Crippen molar-refractivity contribution in [2.75, 3.05) is 5.32 Å². The van der Waals surface area contributed by atoms with Gasteiger partial charge in [-0.1, -0.05) is 11.6 Å². The van der Waals surface area contributed by atoms with E-state index in [4.69, 9.17) is 16.0 Å². The van der Waals surface area contributed by atoms with E-state index in [9.17, 15) is 22.8 Å². The van der Waals surface area contributed by atoms with Crippen molar-refractivity contribution in [2.24, 2.45) is 7.05 Å². The molecule has 3 aromatic rings. The number of carbonyl (C=O) groups excluding carboxylic acids is 2. The van der Waals surface area contributed by atoms with Crippen molar-refractivity contribution >= 4 is 29.1 Å². The van der Waals surface area contributed by atoms with Crippen LogP contribution in [0.3, 0.4) is 0 Å². The summed E-state index contributed by atoms with van der Waals surface area (Å²) in [6.07, 6.45) is -0.501. The lowest BCUT2D eigenvalue weighted by atomic mass is 10.2. The number of nitrogens with zero attached hydrogens (tertiary/aromatic N) is 4. The minimum absolute atomic E-state index is 0.0516. The van der Waals surface area contributed by atoms with Crippen LogP contribution in [0.2, 0.25) is 5.02 Å². The SMILES string of the molecule is Cn1cc(NC(=O)Cn2nc(C(F)(F)F)c(Cl)c2C2CC2)c(C(=O)NCc2ccco2)n1. The molecule has 0 aliphatic heterocycles. The molecule has 0 spiro atoms. The van der Waals surface area contributed by atoms with E-state index in [1.54, 1.807) is 19.2 Å². The normalized spacial score (nSPS) is 13.9. The molecular formula is C19H18ClF3N6O3. The van der Waals surface area contributed by atoms with Crippen LogP contribution in [0.4, 0.5) is 18.9 Å². The minimum atomic E-state index is -4.73. The standard InChI is InChI=1S/C19H18ClF3N6O3/c1-28-8-12(15(26-28)18(31)24-7-11-3-2-6-32-11)25-13(30)9-29-16(10-4-5-10)14(20)17(27-29)19(21,22)23/h2-3,6,8,10H,4-5,7,9H2,1H3,(H,24,31)(H,25,30). The van der Waals surface area contributed by atoms with Gasteiger partial charge in [0.25, 0.3) is 5.91 Å².